The van der Waals surface area contributed by atoms with Gasteiger partial charge in [0, 0.05) is 5.69 Å². The molecule has 0 spiro atoms. The molecule has 0 atom stereocenters. The second-order valence-electron chi connectivity index (χ2n) is 4.31. The second kappa shape index (κ2) is 5.31. The van der Waals surface area contributed by atoms with E-state index in [0.29, 0.717) is 16.2 Å². The second-order valence-corrected chi connectivity index (χ2v) is 5.60. The number of amides is 1. The molecule has 1 aromatic heterocycles. The fraction of sp³-hybridized carbons (Fsp3) is 0. The van der Waals surface area contributed by atoms with E-state index >= 15 is 0 Å². The molecule has 0 saturated carbocycles. The van der Waals surface area contributed by atoms with Crippen LogP contribution in [0.3, 0.4) is 0 Å². The average Bonchev–Trinajstić information content (AvgIpc) is 2.93. The zero-order valence-corrected chi connectivity index (χ0v) is 12.1. The monoisotopic (exact) mass is 321 g/mol. The third-order valence-corrected chi connectivity index (χ3v) is 4.06. The van der Waals surface area contributed by atoms with Crippen LogP contribution in [-0.2, 0) is 0 Å². The predicted octanol–water partition coefficient (Wildman–Crippen LogP) is 3.92. The minimum Gasteiger partial charge on any atom is -0.398 e. The Morgan fingerprint density at radius 3 is 2.95 bits per heavy atom. The Hall–Kier alpha value is -2.18. The number of carbonyl (C=O) groups excluding carboxylic acids is 1. The van der Waals surface area contributed by atoms with Crippen molar-refractivity contribution in [2.75, 3.05) is 11.1 Å². The Morgan fingerprint density at radius 1 is 1.33 bits per heavy atom. The summed E-state index contributed by atoms with van der Waals surface area (Å²) in [5, 5.41) is 3.01. The molecule has 21 heavy (non-hydrogen) atoms. The normalized spacial score (nSPS) is 10.8. The van der Waals surface area contributed by atoms with Gasteiger partial charge < -0.3 is 11.1 Å². The third kappa shape index (κ3) is 2.55. The lowest BCUT2D eigenvalue weighted by atomic mass is 10.1. The van der Waals surface area contributed by atoms with Crippen molar-refractivity contribution in [3.63, 3.8) is 0 Å². The quantitative estimate of drug-likeness (QED) is 0.703. The zero-order chi connectivity index (χ0) is 15.0. The van der Waals surface area contributed by atoms with E-state index in [9.17, 15) is 9.18 Å². The van der Waals surface area contributed by atoms with Gasteiger partial charge in [0.25, 0.3) is 5.91 Å². The Labute approximate surface area is 128 Å². The molecule has 1 heterocycles. The highest BCUT2D eigenvalue weighted by Crippen LogP contribution is 2.32. The fourth-order valence-electron chi connectivity index (χ4n) is 1.93. The maximum absolute atomic E-state index is 13.3. The van der Waals surface area contributed by atoms with Crippen LogP contribution in [0, 0.1) is 5.82 Å². The number of nitrogens with two attached hydrogens (primary N) is 1. The number of hydrogen-bond donors (Lipinski definition) is 2. The molecule has 1 amide bonds. The van der Waals surface area contributed by atoms with E-state index in [1.54, 1.807) is 11.6 Å². The maximum Gasteiger partial charge on any atom is 0.257 e. The van der Waals surface area contributed by atoms with E-state index in [1.807, 2.05) is 6.07 Å². The summed E-state index contributed by atoms with van der Waals surface area (Å²) in [4.78, 5) is 16.4. The third-order valence-electron chi connectivity index (χ3n) is 2.95. The van der Waals surface area contributed by atoms with Crippen molar-refractivity contribution >= 4 is 50.4 Å². The summed E-state index contributed by atoms with van der Waals surface area (Å²) < 4.78 is 14.1. The molecule has 4 nitrogen and oxygen atoms in total. The van der Waals surface area contributed by atoms with Gasteiger partial charge in [0.15, 0.2) is 0 Å². The average molecular weight is 322 g/mol. The number of aromatic nitrogens is 1. The Kier molecular flexibility index (Phi) is 3.48. The summed E-state index contributed by atoms with van der Waals surface area (Å²) in [5.41, 5.74) is 8.59. The molecule has 0 bridgehead atoms. The van der Waals surface area contributed by atoms with Gasteiger partial charge in [0.1, 0.15) is 11.3 Å². The Morgan fingerprint density at radius 2 is 2.14 bits per heavy atom. The van der Waals surface area contributed by atoms with E-state index < -0.39 is 11.7 Å². The van der Waals surface area contributed by atoms with E-state index in [2.05, 4.69) is 10.3 Å². The van der Waals surface area contributed by atoms with Gasteiger partial charge >= 0.3 is 0 Å². The molecule has 0 saturated heterocycles. The van der Waals surface area contributed by atoms with Gasteiger partial charge in [-0.3, -0.25) is 4.79 Å². The highest BCUT2D eigenvalue weighted by Gasteiger charge is 2.15. The number of thiazole rings is 1. The molecule has 7 heteroatoms. The first-order chi connectivity index (χ1) is 10.1. The number of hydrogen-bond acceptors (Lipinski definition) is 4. The van der Waals surface area contributed by atoms with Crippen LogP contribution in [0.5, 0.6) is 0 Å². The van der Waals surface area contributed by atoms with Crippen molar-refractivity contribution in [3.05, 3.63) is 52.2 Å². The number of anilines is 2. The van der Waals surface area contributed by atoms with Crippen molar-refractivity contribution in [3.8, 4) is 0 Å². The molecule has 3 rings (SSSR count). The van der Waals surface area contributed by atoms with Crippen LogP contribution >= 0.6 is 22.9 Å². The summed E-state index contributed by atoms with van der Waals surface area (Å²) in [6.45, 7) is 0. The minimum atomic E-state index is -0.535. The maximum atomic E-state index is 13.3. The van der Waals surface area contributed by atoms with E-state index in [1.165, 1.54) is 23.5 Å². The lowest BCUT2D eigenvalue weighted by molar-refractivity contribution is 0.102. The smallest absolute Gasteiger partial charge is 0.257 e. The van der Waals surface area contributed by atoms with Gasteiger partial charge in [-0.05, 0) is 30.3 Å². The Bertz CT molecular complexity index is 849. The van der Waals surface area contributed by atoms with Crippen LogP contribution in [0.2, 0.25) is 5.02 Å². The summed E-state index contributed by atoms with van der Waals surface area (Å²) >= 11 is 7.54. The number of nitrogens with zero attached hydrogens (tertiary/aromatic N) is 1. The number of benzene rings is 2. The molecule has 3 N–H and O–H groups in total. The van der Waals surface area contributed by atoms with Crippen molar-refractivity contribution < 1.29 is 9.18 Å². The van der Waals surface area contributed by atoms with Gasteiger partial charge in [0.05, 0.1) is 26.5 Å². The molecule has 0 aliphatic heterocycles. The number of carbonyl (C=O) groups is 1. The van der Waals surface area contributed by atoms with E-state index in [4.69, 9.17) is 17.3 Å². The van der Waals surface area contributed by atoms with Gasteiger partial charge in [-0.1, -0.05) is 11.6 Å². The molecule has 0 unspecified atom stereocenters. The first kappa shape index (κ1) is 13.8. The minimum absolute atomic E-state index is 0.0540. The van der Waals surface area contributed by atoms with Gasteiger partial charge in [-0.2, -0.15) is 0 Å². The van der Waals surface area contributed by atoms with Gasteiger partial charge in [0.2, 0.25) is 0 Å². The molecule has 0 radical (unpaired) electrons. The summed E-state index contributed by atoms with van der Waals surface area (Å²) in [5.74, 6) is -1.07. The van der Waals surface area contributed by atoms with Crippen LogP contribution in [0.25, 0.3) is 10.2 Å². The summed E-state index contributed by atoms with van der Waals surface area (Å²) in [6, 6.07) is 7.11. The van der Waals surface area contributed by atoms with Crippen molar-refractivity contribution in [2.24, 2.45) is 0 Å². The molecule has 106 valence electrons. The number of fused-ring (bicyclic) bond motifs is 1. The molecule has 0 fully saturated rings. The Balaban J connectivity index is 2.02. The molecular weight excluding hydrogens is 313 g/mol. The number of nitrogens with one attached hydrogen (secondary N) is 1. The summed E-state index contributed by atoms with van der Waals surface area (Å²) in [7, 11) is 0. The first-order valence-corrected chi connectivity index (χ1v) is 7.20. The number of halogens is 2. The van der Waals surface area contributed by atoms with Gasteiger partial charge in [-0.25, -0.2) is 9.37 Å². The van der Waals surface area contributed by atoms with Crippen LogP contribution in [0.4, 0.5) is 15.8 Å². The van der Waals surface area contributed by atoms with Gasteiger partial charge in [-0.15, -0.1) is 11.3 Å². The van der Waals surface area contributed by atoms with Crippen LogP contribution in [-0.4, -0.2) is 10.9 Å². The lowest BCUT2D eigenvalue weighted by Crippen LogP contribution is -2.15. The van der Waals surface area contributed by atoms with E-state index in [-0.39, 0.29) is 11.3 Å². The van der Waals surface area contributed by atoms with Crippen LogP contribution in [0.15, 0.2) is 35.8 Å². The first-order valence-electron chi connectivity index (χ1n) is 5.94. The van der Waals surface area contributed by atoms with Crippen LogP contribution in [0.1, 0.15) is 10.4 Å². The molecule has 2 aromatic carbocycles. The highest BCUT2D eigenvalue weighted by atomic mass is 35.5. The van der Waals surface area contributed by atoms with E-state index in [0.717, 1.165) is 10.8 Å². The molecule has 0 aliphatic rings. The summed E-state index contributed by atoms with van der Waals surface area (Å²) in [6.07, 6.45) is 0. The largest absolute Gasteiger partial charge is 0.398 e. The van der Waals surface area contributed by atoms with Crippen LogP contribution < -0.4 is 11.1 Å². The number of nitrogen functional groups attached to an aromatic ring is 1. The van der Waals surface area contributed by atoms with Crippen molar-refractivity contribution in [1.82, 2.24) is 4.98 Å². The lowest BCUT2D eigenvalue weighted by Gasteiger charge is -2.09. The van der Waals surface area contributed by atoms with Crippen molar-refractivity contribution in [1.29, 1.82) is 0 Å². The SMILES string of the molecule is Nc1ccc(F)cc1C(=O)Nc1c(Cl)ccc2scnc12. The fourth-order valence-corrected chi connectivity index (χ4v) is 2.82. The molecular formula is C14H9ClFN3OS. The zero-order valence-electron chi connectivity index (χ0n) is 10.6. The highest BCUT2D eigenvalue weighted by molar-refractivity contribution is 7.16. The molecule has 3 aromatic rings. The number of rotatable bonds is 2. The van der Waals surface area contributed by atoms with Crippen molar-refractivity contribution in [2.45, 2.75) is 0 Å². The standard InChI is InChI=1S/C14H9ClFN3OS/c15-9-2-4-11-13(18-6-21-11)12(9)19-14(20)8-5-7(16)1-3-10(8)17/h1-6H,17H2,(H,19,20). The predicted molar refractivity (Wildman–Crippen MR) is 83.4 cm³/mol. The molecule has 0 aliphatic carbocycles. The topological polar surface area (TPSA) is 68.0 Å².